The topological polar surface area (TPSA) is 61.0 Å². The summed E-state index contributed by atoms with van der Waals surface area (Å²) in [5.74, 6) is 0.242. The molecule has 1 saturated heterocycles. The molecule has 0 spiro atoms. The molecule has 132 valence electrons. The Labute approximate surface area is 146 Å². The van der Waals surface area contributed by atoms with Crippen LogP contribution in [0.3, 0.4) is 0 Å². The van der Waals surface area contributed by atoms with Gasteiger partial charge in [-0.3, -0.25) is 0 Å². The van der Waals surface area contributed by atoms with E-state index in [1.165, 1.54) is 12.1 Å². The van der Waals surface area contributed by atoms with Crippen molar-refractivity contribution in [2.24, 2.45) is 5.92 Å². The fourth-order valence-electron chi connectivity index (χ4n) is 3.93. The van der Waals surface area contributed by atoms with Crippen LogP contribution in [0.25, 0.3) is 0 Å². The molecule has 2 unspecified atom stereocenters. The van der Waals surface area contributed by atoms with Crippen LogP contribution in [0, 0.1) is 11.7 Å². The van der Waals surface area contributed by atoms with Gasteiger partial charge in [-0.05, 0) is 49.3 Å². The second kappa shape index (κ2) is 6.86. The van der Waals surface area contributed by atoms with Gasteiger partial charge in [0.05, 0.1) is 12.0 Å². The Morgan fingerprint density at radius 2 is 2.16 bits per heavy atom. The lowest BCUT2D eigenvalue weighted by Gasteiger charge is -2.26. The molecule has 0 bridgehead atoms. The average Bonchev–Trinajstić information content (AvgIpc) is 3.26. The molecule has 4 rings (SSSR count). The number of carbonyl (C=O) groups excluding carboxylic acids is 1. The zero-order valence-electron chi connectivity index (χ0n) is 14.2. The summed E-state index contributed by atoms with van der Waals surface area (Å²) in [5.41, 5.74) is 3.41. The van der Waals surface area contributed by atoms with E-state index in [0.29, 0.717) is 5.92 Å². The van der Waals surface area contributed by atoms with Gasteiger partial charge in [0.2, 0.25) is 0 Å². The van der Waals surface area contributed by atoms with Crippen LogP contribution in [0.1, 0.15) is 29.8 Å². The Hall–Kier alpha value is -2.37. The number of aromatic amines is 1. The zero-order valence-corrected chi connectivity index (χ0v) is 14.2. The first-order chi connectivity index (χ1) is 12.2. The smallest absolute Gasteiger partial charge is 0.317 e. The number of aromatic nitrogens is 2. The third-order valence-electron chi connectivity index (χ3n) is 5.33. The number of likely N-dealkylation sites (tertiary alicyclic amines) is 1. The highest BCUT2D eigenvalue weighted by atomic mass is 19.1. The van der Waals surface area contributed by atoms with E-state index in [9.17, 15) is 9.18 Å². The Balaban J connectivity index is 1.28. The predicted molar refractivity (Wildman–Crippen MR) is 92.7 cm³/mol. The van der Waals surface area contributed by atoms with E-state index >= 15 is 0 Å². The van der Waals surface area contributed by atoms with E-state index < -0.39 is 0 Å². The number of rotatable bonds is 3. The van der Waals surface area contributed by atoms with Crippen LogP contribution in [0.15, 0.2) is 30.6 Å². The summed E-state index contributed by atoms with van der Waals surface area (Å²) in [7, 11) is 0. The molecule has 2 aliphatic rings. The molecular formula is C19H23FN4O. The van der Waals surface area contributed by atoms with E-state index in [1.807, 2.05) is 17.0 Å². The van der Waals surface area contributed by atoms with E-state index in [0.717, 1.165) is 62.1 Å². The minimum absolute atomic E-state index is 0.0366. The summed E-state index contributed by atoms with van der Waals surface area (Å²) in [6.45, 7) is 1.56. The molecule has 1 aliphatic heterocycles. The summed E-state index contributed by atoms with van der Waals surface area (Å²) in [6.07, 6.45) is 6.31. The first-order valence-corrected chi connectivity index (χ1v) is 8.98. The second-order valence-corrected chi connectivity index (χ2v) is 7.15. The molecule has 1 aromatic heterocycles. The molecule has 2 atom stereocenters. The minimum atomic E-state index is -0.205. The van der Waals surface area contributed by atoms with Crippen molar-refractivity contribution >= 4 is 6.03 Å². The molecule has 25 heavy (non-hydrogen) atoms. The predicted octanol–water partition coefficient (Wildman–Crippen LogP) is 2.68. The van der Waals surface area contributed by atoms with E-state index in [2.05, 4.69) is 15.3 Å². The molecule has 0 saturated carbocycles. The zero-order chi connectivity index (χ0) is 17.2. The molecule has 2 amide bonds. The Morgan fingerprint density at radius 1 is 1.32 bits per heavy atom. The monoisotopic (exact) mass is 342 g/mol. The number of imidazole rings is 1. The Bertz CT molecular complexity index is 742. The van der Waals surface area contributed by atoms with Gasteiger partial charge >= 0.3 is 6.03 Å². The number of halogens is 1. The van der Waals surface area contributed by atoms with Gasteiger partial charge in [-0.2, -0.15) is 0 Å². The van der Waals surface area contributed by atoms with Crippen molar-refractivity contribution in [2.45, 2.75) is 38.1 Å². The van der Waals surface area contributed by atoms with E-state index in [-0.39, 0.29) is 17.9 Å². The van der Waals surface area contributed by atoms with Crippen LogP contribution in [0.4, 0.5) is 9.18 Å². The van der Waals surface area contributed by atoms with Crippen LogP contribution in [-0.4, -0.2) is 40.0 Å². The fraction of sp³-hybridized carbons (Fsp3) is 0.474. The number of hydrogen-bond acceptors (Lipinski definition) is 2. The largest absolute Gasteiger partial charge is 0.348 e. The first kappa shape index (κ1) is 16.1. The maximum Gasteiger partial charge on any atom is 0.317 e. The molecule has 2 N–H and O–H groups in total. The van der Waals surface area contributed by atoms with Crippen molar-refractivity contribution in [2.75, 3.05) is 13.1 Å². The highest BCUT2D eigenvalue weighted by Crippen LogP contribution is 2.22. The van der Waals surface area contributed by atoms with Gasteiger partial charge in [-0.1, -0.05) is 12.1 Å². The lowest BCUT2D eigenvalue weighted by atomic mass is 9.96. The number of amides is 2. The number of nitrogens with one attached hydrogen (secondary N) is 2. The van der Waals surface area contributed by atoms with Gasteiger partial charge in [0.15, 0.2) is 0 Å². The van der Waals surface area contributed by atoms with Gasteiger partial charge in [0, 0.05) is 31.2 Å². The number of fused-ring (bicyclic) bond motifs is 1. The summed E-state index contributed by atoms with van der Waals surface area (Å²) >= 11 is 0. The number of nitrogens with zero attached hydrogens (tertiary/aromatic N) is 2. The quantitative estimate of drug-likeness (QED) is 0.901. The standard InChI is InChI=1S/C19H23FN4O/c20-15-3-1-13(2-4-15)9-14-7-8-24(11-14)19(25)23-16-5-6-17-18(10-16)22-12-21-17/h1-4,12,14,16H,5-11H2,(H,21,22)(H,23,25). The van der Waals surface area contributed by atoms with Crippen LogP contribution < -0.4 is 5.32 Å². The third kappa shape index (κ3) is 3.67. The highest BCUT2D eigenvalue weighted by molar-refractivity contribution is 5.75. The molecule has 6 heteroatoms. The average molecular weight is 342 g/mol. The molecule has 2 aromatic rings. The number of aryl methyl sites for hydroxylation is 1. The summed E-state index contributed by atoms with van der Waals surface area (Å²) in [5, 5.41) is 3.17. The van der Waals surface area contributed by atoms with Crippen molar-refractivity contribution in [3.05, 3.63) is 53.4 Å². The number of H-pyrrole nitrogens is 1. The molecule has 1 fully saturated rings. The number of carbonyl (C=O) groups is 1. The van der Waals surface area contributed by atoms with Crippen LogP contribution in [0.2, 0.25) is 0 Å². The number of urea groups is 1. The van der Waals surface area contributed by atoms with Gasteiger partial charge in [0.25, 0.3) is 0 Å². The molecular weight excluding hydrogens is 319 g/mol. The molecule has 2 heterocycles. The van der Waals surface area contributed by atoms with Crippen LogP contribution >= 0.6 is 0 Å². The Kier molecular flexibility index (Phi) is 4.42. The van der Waals surface area contributed by atoms with E-state index in [4.69, 9.17) is 0 Å². The maximum absolute atomic E-state index is 13.0. The maximum atomic E-state index is 13.0. The van der Waals surface area contributed by atoms with Crippen molar-refractivity contribution < 1.29 is 9.18 Å². The third-order valence-corrected chi connectivity index (χ3v) is 5.33. The fourth-order valence-corrected chi connectivity index (χ4v) is 3.93. The molecule has 1 aliphatic carbocycles. The second-order valence-electron chi connectivity index (χ2n) is 7.15. The molecule has 1 aromatic carbocycles. The SMILES string of the molecule is O=C(NC1CCc2nc[nH]c2C1)N1CCC(Cc2ccc(F)cc2)C1. The molecule has 0 radical (unpaired) electrons. The van der Waals surface area contributed by atoms with E-state index in [1.54, 1.807) is 6.33 Å². The number of hydrogen-bond donors (Lipinski definition) is 2. The first-order valence-electron chi connectivity index (χ1n) is 8.98. The van der Waals surface area contributed by atoms with Gasteiger partial charge in [0.1, 0.15) is 5.82 Å². The van der Waals surface area contributed by atoms with Crippen molar-refractivity contribution in [1.29, 1.82) is 0 Å². The lowest BCUT2D eigenvalue weighted by molar-refractivity contribution is 0.201. The van der Waals surface area contributed by atoms with Gasteiger partial charge < -0.3 is 15.2 Å². The van der Waals surface area contributed by atoms with Crippen molar-refractivity contribution in [3.8, 4) is 0 Å². The van der Waals surface area contributed by atoms with Crippen molar-refractivity contribution in [1.82, 2.24) is 20.2 Å². The minimum Gasteiger partial charge on any atom is -0.348 e. The molecule has 5 nitrogen and oxygen atoms in total. The summed E-state index contributed by atoms with van der Waals surface area (Å²) in [6, 6.07) is 6.89. The van der Waals surface area contributed by atoms with Crippen molar-refractivity contribution in [3.63, 3.8) is 0 Å². The highest BCUT2D eigenvalue weighted by Gasteiger charge is 2.29. The number of benzene rings is 1. The normalized spacial score (nSPS) is 22.7. The van der Waals surface area contributed by atoms with Crippen LogP contribution in [-0.2, 0) is 19.3 Å². The van der Waals surface area contributed by atoms with Gasteiger partial charge in [-0.15, -0.1) is 0 Å². The van der Waals surface area contributed by atoms with Gasteiger partial charge in [-0.25, -0.2) is 14.2 Å². The summed E-state index contributed by atoms with van der Waals surface area (Å²) in [4.78, 5) is 21.9. The lowest BCUT2D eigenvalue weighted by Crippen LogP contribution is -2.46. The summed E-state index contributed by atoms with van der Waals surface area (Å²) < 4.78 is 13.0. The van der Waals surface area contributed by atoms with Crippen LogP contribution in [0.5, 0.6) is 0 Å². The Morgan fingerprint density at radius 3 is 3.00 bits per heavy atom.